The molecule has 10 heteroatoms. The van der Waals surface area contributed by atoms with Gasteiger partial charge in [-0.3, -0.25) is 9.59 Å². The van der Waals surface area contributed by atoms with Crippen LogP contribution in [0, 0.1) is 5.92 Å². The molecule has 0 spiro atoms. The van der Waals surface area contributed by atoms with Gasteiger partial charge in [-0.1, -0.05) is 30.7 Å². The first-order chi connectivity index (χ1) is 19.4. The van der Waals surface area contributed by atoms with Crippen molar-refractivity contribution in [2.24, 2.45) is 11.0 Å². The van der Waals surface area contributed by atoms with Gasteiger partial charge >= 0.3 is 0 Å². The number of benzene rings is 2. The number of methoxy groups -OCH3 is 1. The Kier molecular flexibility index (Phi) is 8.60. The van der Waals surface area contributed by atoms with E-state index in [1.54, 1.807) is 19.2 Å². The van der Waals surface area contributed by atoms with Crippen LogP contribution in [-0.4, -0.2) is 45.9 Å². The second-order valence-electron chi connectivity index (χ2n) is 10.0. The number of nitrogens with one attached hydrogen (secondary N) is 1. The van der Waals surface area contributed by atoms with E-state index < -0.39 is 5.91 Å². The highest BCUT2D eigenvalue weighted by Gasteiger charge is 2.30. The SMILES string of the molecule is CCC1CC(=O)N(Cc2ccc(NC(=O)c3ccc(Cl)nn3)cc2)N=C1c1ccc(OC)c(OC2CCCC2)c1. The molecule has 3 aromatic rings. The van der Waals surface area contributed by atoms with Crippen LogP contribution in [-0.2, 0) is 11.3 Å². The van der Waals surface area contributed by atoms with E-state index in [2.05, 4.69) is 22.4 Å². The zero-order valence-corrected chi connectivity index (χ0v) is 23.4. The van der Waals surface area contributed by atoms with E-state index in [1.165, 1.54) is 30.0 Å². The first-order valence-electron chi connectivity index (χ1n) is 13.6. The lowest BCUT2D eigenvalue weighted by Crippen LogP contribution is -2.36. The average Bonchev–Trinajstić information content (AvgIpc) is 3.48. The van der Waals surface area contributed by atoms with Crippen LogP contribution in [0.1, 0.15) is 67.1 Å². The molecule has 1 aromatic heterocycles. The normalized spacial score (nSPS) is 17.5. The van der Waals surface area contributed by atoms with Gasteiger partial charge in [-0.25, -0.2) is 5.01 Å². The highest BCUT2D eigenvalue weighted by molar-refractivity contribution is 6.29. The van der Waals surface area contributed by atoms with E-state index in [9.17, 15) is 9.59 Å². The summed E-state index contributed by atoms with van der Waals surface area (Å²) in [5.41, 5.74) is 3.44. The van der Waals surface area contributed by atoms with Crippen LogP contribution in [0.25, 0.3) is 0 Å². The van der Waals surface area contributed by atoms with Crippen LogP contribution < -0.4 is 14.8 Å². The maximum Gasteiger partial charge on any atom is 0.276 e. The molecule has 40 heavy (non-hydrogen) atoms. The summed E-state index contributed by atoms with van der Waals surface area (Å²) in [6.07, 6.45) is 5.84. The fourth-order valence-electron chi connectivity index (χ4n) is 5.05. The summed E-state index contributed by atoms with van der Waals surface area (Å²) in [6.45, 7) is 2.39. The molecule has 1 unspecified atom stereocenters. The van der Waals surface area contributed by atoms with Gasteiger partial charge in [-0.2, -0.15) is 5.10 Å². The van der Waals surface area contributed by atoms with E-state index in [1.807, 2.05) is 30.3 Å². The quantitative estimate of drug-likeness (QED) is 0.350. The molecule has 1 saturated carbocycles. The molecule has 208 valence electrons. The number of hydrogen-bond donors (Lipinski definition) is 1. The van der Waals surface area contributed by atoms with Crippen molar-refractivity contribution in [2.75, 3.05) is 12.4 Å². The van der Waals surface area contributed by atoms with Crippen LogP contribution in [0.2, 0.25) is 5.15 Å². The number of anilines is 1. The molecule has 0 radical (unpaired) electrons. The Morgan fingerprint density at radius 1 is 1.05 bits per heavy atom. The topological polar surface area (TPSA) is 106 Å². The molecule has 1 N–H and O–H groups in total. The summed E-state index contributed by atoms with van der Waals surface area (Å²) in [7, 11) is 1.65. The zero-order chi connectivity index (χ0) is 28.1. The van der Waals surface area contributed by atoms with E-state index in [0.717, 1.165) is 41.9 Å². The van der Waals surface area contributed by atoms with E-state index >= 15 is 0 Å². The maximum absolute atomic E-state index is 13.0. The number of hydrazone groups is 1. The van der Waals surface area contributed by atoms with Gasteiger partial charge in [0.25, 0.3) is 5.91 Å². The third kappa shape index (κ3) is 6.42. The van der Waals surface area contributed by atoms with Gasteiger partial charge in [0.2, 0.25) is 5.91 Å². The zero-order valence-electron chi connectivity index (χ0n) is 22.6. The minimum atomic E-state index is -0.390. The molecular weight excluding hydrogens is 530 g/mol. The van der Waals surface area contributed by atoms with Gasteiger partial charge in [-0.15, -0.1) is 10.2 Å². The fourth-order valence-corrected chi connectivity index (χ4v) is 5.15. The van der Waals surface area contributed by atoms with Crippen molar-refractivity contribution in [2.45, 2.75) is 58.1 Å². The van der Waals surface area contributed by atoms with Crippen LogP contribution >= 0.6 is 11.6 Å². The van der Waals surface area contributed by atoms with Gasteiger partial charge in [0.1, 0.15) is 0 Å². The van der Waals surface area contributed by atoms with Crippen molar-refractivity contribution in [1.82, 2.24) is 15.2 Å². The lowest BCUT2D eigenvalue weighted by molar-refractivity contribution is -0.133. The minimum absolute atomic E-state index is 0.0185. The predicted molar refractivity (Wildman–Crippen MR) is 153 cm³/mol. The summed E-state index contributed by atoms with van der Waals surface area (Å²) < 4.78 is 11.9. The third-order valence-electron chi connectivity index (χ3n) is 7.28. The van der Waals surface area contributed by atoms with E-state index in [-0.39, 0.29) is 28.8 Å². The number of carbonyl (C=O) groups is 2. The molecule has 1 aliphatic heterocycles. The molecule has 2 aromatic carbocycles. The van der Waals surface area contributed by atoms with Crippen molar-refractivity contribution < 1.29 is 19.1 Å². The number of nitrogens with zero attached hydrogens (tertiary/aromatic N) is 4. The molecule has 2 amide bonds. The summed E-state index contributed by atoms with van der Waals surface area (Å²) in [6, 6.07) is 16.2. The Hall–Kier alpha value is -3.98. The Labute approximate surface area is 238 Å². The summed E-state index contributed by atoms with van der Waals surface area (Å²) in [4.78, 5) is 25.4. The number of hydrogen-bond acceptors (Lipinski definition) is 7. The maximum atomic E-state index is 13.0. The third-order valence-corrected chi connectivity index (χ3v) is 7.48. The predicted octanol–water partition coefficient (Wildman–Crippen LogP) is 5.88. The molecule has 9 nitrogen and oxygen atoms in total. The molecule has 2 heterocycles. The Morgan fingerprint density at radius 2 is 1.82 bits per heavy atom. The Morgan fingerprint density at radius 3 is 2.50 bits per heavy atom. The first kappa shape index (κ1) is 27.6. The van der Waals surface area contributed by atoms with Crippen LogP contribution in [0.4, 0.5) is 5.69 Å². The van der Waals surface area contributed by atoms with Crippen molar-refractivity contribution in [3.63, 3.8) is 0 Å². The standard InChI is InChI=1S/C30H32ClN5O4/c1-3-20-17-28(37)36(18-19-8-11-22(12-9-19)32-30(38)24-13-15-27(31)34-33-24)35-29(20)21-10-14-25(39-2)26(16-21)40-23-6-4-5-7-23/h8-16,20,23H,3-7,17-18H2,1-2H3,(H,32,38). The van der Waals surface area contributed by atoms with Gasteiger partial charge < -0.3 is 14.8 Å². The molecule has 5 rings (SSSR count). The smallest absolute Gasteiger partial charge is 0.276 e. The Balaban J connectivity index is 1.32. The molecular formula is C30H32ClN5O4. The first-order valence-corrected chi connectivity index (χ1v) is 13.9. The molecule has 0 saturated heterocycles. The molecule has 1 aliphatic carbocycles. The van der Waals surface area contributed by atoms with E-state index in [0.29, 0.717) is 24.4 Å². The van der Waals surface area contributed by atoms with Crippen LogP contribution in [0.15, 0.2) is 59.7 Å². The van der Waals surface area contributed by atoms with Crippen molar-refractivity contribution in [3.8, 4) is 11.5 Å². The van der Waals surface area contributed by atoms with Crippen LogP contribution in [0.3, 0.4) is 0 Å². The number of carbonyl (C=O) groups excluding carboxylic acids is 2. The van der Waals surface area contributed by atoms with Gasteiger partial charge in [0.15, 0.2) is 22.3 Å². The lowest BCUT2D eigenvalue weighted by Gasteiger charge is -2.29. The number of aromatic nitrogens is 2. The number of rotatable bonds is 9. The molecule has 0 bridgehead atoms. The highest BCUT2D eigenvalue weighted by atomic mass is 35.5. The molecule has 1 fully saturated rings. The molecule has 1 atom stereocenters. The van der Waals surface area contributed by atoms with Gasteiger partial charge in [0.05, 0.1) is 25.5 Å². The molecule has 2 aliphatic rings. The second-order valence-corrected chi connectivity index (χ2v) is 10.4. The number of halogens is 1. The number of amides is 2. The average molecular weight is 562 g/mol. The van der Waals surface area contributed by atoms with Crippen molar-refractivity contribution in [3.05, 3.63) is 76.6 Å². The van der Waals surface area contributed by atoms with Crippen LogP contribution in [0.5, 0.6) is 11.5 Å². The largest absolute Gasteiger partial charge is 0.493 e. The fraction of sp³-hybridized carbons (Fsp3) is 0.367. The lowest BCUT2D eigenvalue weighted by atomic mass is 9.89. The minimum Gasteiger partial charge on any atom is -0.493 e. The van der Waals surface area contributed by atoms with Crippen molar-refractivity contribution >= 4 is 34.8 Å². The van der Waals surface area contributed by atoms with Gasteiger partial charge in [-0.05, 0) is 80.1 Å². The van der Waals surface area contributed by atoms with Crippen molar-refractivity contribution in [1.29, 1.82) is 0 Å². The summed E-state index contributed by atoms with van der Waals surface area (Å²) in [5, 5.41) is 16.9. The van der Waals surface area contributed by atoms with E-state index in [4.69, 9.17) is 26.2 Å². The summed E-state index contributed by atoms with van der Waals surface area (Å²) in [5.74, 6) is 1.02. The summed E-state index contributed by atoms with van der Waals surface area (Å²) >= 11 is 5.74. The highest BCUT2D eigenvalue weighted by Crippen LogP contribution is 2.34. The monoisotopic (exact) mass is 561 g/mol. The van der Waals surface area contributed by atoms with Gasteiger partial charge in [0, 0.05) is 23.6 Å². The second kappa shape index (κ2) is 12.5. The Bertz CT molecular complexity index is 1390. The number of ether oxygens (including phenoxy) is 2.